The molecule has 0 aliphatic carbocycles. The number of carbonyl (C=O) groups excluding carboxylic acids is 2. The molecule has 3 aromatic carbocycles. The van der Waals surface area contributed by atoms with Gasteiger partial charge in [-0.2, -0.15) is 5.26 Å². The monoisotopic (exact) mass is 532 g/mol. The number of rotatable bonds is 10. The number of carbonyl (C=O) groups is 2. The first-order chi connectivity index (χ1) is 17.0. The standard InChI is InChI=1S/C28H25BrN2O4/c1-2-3-15-31-28(33)23(18-30)16-20-9-12-24(13-10-20)35-27(32)19-34-26-14-11-22(17-25(26)29)21-7-5-4-6-8-21/h4-14,16-17H,2-3,15,19H2,1H3,(H,31,33)/b23-16+. The van der Waals surface area contributed by atoms with Crippen molar-refractivity contribution in [3.63, 3.8) is 0 Å². The number of esters is 1. The summed E-state index contributed by atoms with van der Waals surface area (Å²) in [6.07, 6.45) is 3.30. The molecule has 0 aliphatic heterocycles. The molecule has 0 unspecified atom stereocenters. The fourth-order valence-electron chi connectivity index (χ4n) is 3.15. The highest BCUT2D eigenvalue weighted by Gasteiger charge is 2.11. The maximum Gasteiger partial charge on any atom is 0.349 e. The van der Waals surface area contributed by atoms with Crippen LogP contribution < -0.4 is 14.8 Å². The van der Waals surface area contributed by atoms with Crippen LogP contribution in [0, 0.1) is 11.3 Å². The van der Waals surface area contributed by atoms with E-state index in [1.165, 1.54) is 6.08 Å². The van der Waals surface area contributed by atoms with Gasteiger partial charge in [-0.1, -0.05) is 61.9 Å². The molecule has 0 aromatic heterocycles. The Morgan fingerprint density at radius 3 is 2.43 bits per heavy atom. The summed E-state index contributed by atoms with van der Waals surface area (Å²) in [6, 6.07) is 24.0. The Balaban J connectivity index is 1.54. The summed E-state index contributed by atoms with van der Waals surface area (Å²) in [6.45, 7) is 2.29. The first kappa shape index (κ1) is 25.7. The fourth-order valence-corrected chi connectivity index (χ4v) is 3.64. The molecule has 0 spiro atoms. The van der Waals surface area contributed by atoms with Crippen LogP contribution in [0.2, 0.25) is 0 Å². The summed E-state index contributed by atoms with van der Waals surface area (Å²) in [7, 11) is 0. The van der Waals surface area contributed by atoms with Gasteiger partial charge in [0.25, 0.3) is 5.91 Å². The van der Waals surface area contributed by atoms with Crippen molar-refractivity contribution in [1.29, 1.82) is 5.26 Å². The van der Waals surface area contributed by atoms with Gasteiger partial charge in [0, 0.05) is 6.54 Å². The molecule has 3 rings (SSSR count). The molecule has 178 valence electrons. The SMILES string of the molecule is CCCCNC(=O)/C(C#N)=C/c1ccc(OC(=O)COc2ccc(-c3ccccc3)cc2Br)cc1. The number of nitriles is 1. The van der Waals surface area contributed by atoms with Crippen molar-refractivity contribution in [2.75, 3.05) is 13.2 Å². The molecule has 0 aliphatic rings. The Morgan fingerprint density at radius 1 is 1.03 bits per heavy atom. The number of hydrogen-bond donors (Lipinski definition) is 1. The van der Waals surface area contributed by atoms with Crippen molar-refractivity contribution in [2.45, 2.75) is 19.8 Å². The van der Waals surface area contributed by atoms with E-state index in [2.05, 4.69) is 21.2 Å². The molecule has 0 saturated carbocycles. The van der Waals surface area contributed by atoms with Crippen LogP contribution in [-0.4, -0.2) is 25.0 Å². The topological polar surface area (TPSA) is 88.4 Å². The molecule has 3 aromatic rings. The lowest BCUT2D eigenvalue weighted by Crippen LogP contribution is -2.25. The lowest BCUT2D eigenvalue weighted by atomic mass is 10.1. The van der Waals surface area contributed by atoms with Gasteiger partial charge >= 0.3 is 5.97 Å². The van der Waals surface area contributed by atoms with Gasteiger partial charge in [-0.05, 0) is 69.4 Å². The maximum atomic E-state index is 12.2. The van der Waals surface area contributed by atoms with Gasteiger partial charge < -0.3 is 14.8 Å². The van der Waals surface area contributed by atoms with Crippen molar-refractivity contribution in [3.8, 4) is 28.7 Å². The quantitative estimate of drug-likeness (QED) is 0.115. The third-order valence-electron chi connectivity index (χ3n) is 4.99. The van der Waals surface area contributed by atoms with Gasteiger partial charge in [-0.3, -0.25) is 4.79 Å². The fraction of sp³-hybridized carbons (Fsp3) is 0.179. The molecule has 0 saturated heterocycles. The number of hydrogen-bond acceptors (Lipinski definition) is 5. The lowest BCUT2D eigenvalue weighted by molar-refractivity contribution is -0.136. The highest BCUT2D eigenvalue weighted by atomic mass is 79.9. The summed E-state index contributed by atoms with van der Waals surface area (Å²) < 4.78 is 11.7. The molecule has 0 atom stereocenters. The Labute approximate surface area is 213 Å². The number of nitrogens with one attached hydrogen (secondary N) is 1. The second-order valence-electron chi connectivity index (χ2n) is 7.62. The molecule has 6 nitrogen and oxygen atoms in total. The van der Waals surface area contributed by atoms with Crippen molar-refractivity contribution in [3.05, 3.63) is 88.4 Å². The van der Waals surface area contributed by atoms with Gasteiger partial charge in [-0.25, -0.2) is 4.79 Å². The first-order valence-corrected chi connectivity index (χ1v) is 12.0. The molecule has 0 fully saturated rings. The summed E-state index contributed by atoms with van der Waals surface area (Å²) in [5.74, 6) is -0.0968. The summed E-state index contributed by atoms with van der Waals surface area (Å²) in [5, 5.41) is 12.0. The minimum Gasteiger partial charge on any atom is -0.481 e. The molecule has 1 amide bonds. The molecule has 35 heavy (non-hydrogen) atoms. The van der Waals surface area contributed by atoms with Gasteiger partial charge in [0.2, 0.25) is 0 Å². The predicted octanol–water partition coefficient (Wildman–Crippen LogP) is 5.92. The highest BCUT2D eigenvalue weighted by molar-refractivity contribution is 9.10. The van der Waals surface area contributed by atoms with Crippen LogP contribution in [-0.2, 0) is 9.59 Å². The number of halogens is 1. The van der Waals surface area contributed by atoms with E-state index in [-0.39, 0.29) is 12.2 Å². The zero-order valence-corrected chi connectivity index (χ0v) is 20.9. The zero-order valence-electron chi connectivity index (χ0n) is 19.3. The number of nitrogens with zero attached hydrogens (tertiary/aromatic N) is 1. The molecular weight excluding hydrogens is 508 g/mol. The van der Waals surface area contributed by atoms with Crippen LogP contribution in [0.25, 0.3) is 17.2 Å². The normalized spacial score (nSPS) is 10.8. The third-order valence-corrected chi connectivity index (χ3v) is 5.61. The highest BCUT2D eigenvalue weighted by Crippen LogP contribution is 2.30. The zero-order chi connectivity index (χ0) is 25.0. The summed E-state index contributed by atoms with van der Waals surface area (Å²) in [4.78, 5) is 24.3. The Bertz CT molecular complexity index is 1230. The molecule has 0 radical (unpaired) electrons. The maximum absolute atomic E-state index is 12.2. The molecule has 0 heterocycles. The first-order valence-electron chi connectivity index (χ1n) is 11.2. The van der Waals surface area contributed by atoms with E-state index < -0.39 is 11.9 Å². The largest absolute Gasteiger partial charge is 0.481 e. The van der Waals surface area contributed by atoms with Crippen LogP contribution >= 0.6 is 15.9 Å². The van der Waals surface area contributed by atoms with Crippen molar-refractivity contribution >= 4 is 33.9 Å². The molecular formula is C28H25BrN2O4. The van der Waals surface area contributed by atoms with E-state index >= 15 is 0 Å². The smallest absolute Gasteiger partial charge is 0.349 e. The van der Waals surface area contributed by atoms with E-state index in [4.69, 9.17) is 9.47 Å². The minimum atomic E-state index is -0.555. The average molecular weight is 533 g/mol. The van der Waals surface area contributed by atoms with E-state index in [1.54, 1.807) is 30.3 Å². The molecule has 1 N–H and O–H groups in total. The number of amides is 1. The molecule has 0 bridgehead atoms. The molecule has 7 heteroatoms. The predicted molar refractivity (Wildman–Crippen MR) is 139 cm³/mol. The third kappa shape index (κ3) is 7.83. The van der Waals surface area contributed by atoms with E-state index in [0.29, 0.717) is 23.6 Å². The van der Waals surface area contributed by atoms with Crippen molar-refractivity contribution < 1.29 is 19.1 Å². The van der Waals surface area contributed by atoms with Crippen LogP contribution in [0.3, 0.4) is 0 Å². The minimum absolute atomic E-state index is 0.0168. The number of ether oxygens (including phenoxy) is 2. The van der Waals surface area contributed by atoms with E-state index in [0.717, 1.165) is 28.4 Å². The van der Waals surface area contributed by atoms with Gasteiger partial charge in [-0.15, -0.1) is 0 Å². The lowest BCUT2D eigenvalue weighted by Gasteiger charge is -2.10. The second-order valence-corrected chi connectivity index (χ2v) is 8.48. The van der Waals surface area contributed by atoms with Crippen molar-refractivity contribution in [1.82, 2.24) is 5.32 Å². The van der Waals surface area contributed by atoms with E-state index in [9.17, 15) is 14.9 Å². The van der Waals surface area contributed by atoms with Crippen LogP contribution in [0.4, 0.5) is 0 Å². The van der Waals surface area contributed by atoms with Crippen LogP contribution in [0.15, 0.2) is 82.8 Å². The van der Waals surface area contributed by atoms with Gasteiger partial charge in [0.1, 0.15) is 23.1 Å². The van der Waals surface area contributed by atoms with Crippen molar-refractivity contribution in [2.24, 2.45) is 0 Å². The van der Waals surface area contributed by atoms with Gasteiger partial charge in [0.05, 0.1) is 4.47 Å². The summed E-state index contributed by atoms with van der Waals surface area (Å²) >= 11 is 3.49. The van der Waals surface area contributed by atoms with Gasteiger partial charge in [0.15, 0.2) is 6.61 Å². The summed E-state index contributed by atoms with van der Waals surface area (Å²) in [5.41, 5.74) is 2.77. The van der Waals surface area contributed by atoms with Crippen LogP contribution in [0.5, 0.6) is 11.5 Å². The van der Waals surface area contributed by atoms with E-state index in [1.807, 2.05) is 55.5 Å². The Hall–Kier alpha value is -3.89. The number of benzene rings is 3. The Morgan fingerprint density at radius 2 is 1.77 bits per heavy atom. The Kier molecular flexibility index (Phi) is 9.64. The number of unbranched alkanes of at least 4 members (excludes halogenated alkanes) is 1. The second kappa shape index (κ2) is 13.1. The average Bonchev–Trinajstić information content (AvgIpc) is 2.88. The van der Waals surface area contributed by atoms with Crippen LogP contribution in [0.1, 0.15) is 25.3 Å².